The Balaban J connectivity index is 0.000000181. The van der Waals surface area contributed by atoms with Crippen molar-refractivity contribution in [2.45, 2.75) is 76.3 Å². The molecule has 0 bridgehead atoms. The smallest absolute Gasteiger partial charge is 0.254 e. The second kappa shape index (κ2) is 21.1. The van der Waals surface area contributed by atoms with Gasteiger partial charge in [-0.2, -0.15) is 0 Å². The van der Waals surface area contributed by atoms with Crippen LogP contribution in [0.15, 0.2) is 134 Å². The highest BCUT2D eigenvalue weighted by molar-refractivity contribution is 5.95. The predicted octanol–water partition coefficient (Wildman–Crippen LogP) is 8.11. The van der Waals surface area contributed by atoms with Gasteiger partial charge in [0.05, 0.1) is 0 Å². The number of nitrogens with one attached hydrogen (secondary N) is 2. The van der Waals surface area contributed by atoms with Crippen LogP contribution in [-0.2, 0) is 38.5 Å². The van der Waals surface area contributed by atoms with Gasteiger partial charge in [-0.3, -0.25) is 19.6 Å². The lowest BCUT2D eigenvalue weighted by atomic mass is 9.87. The summed E-state index contributed by atoms with van der Waals surface area (Å²) in [4.78, 5) is 31.3. The molecule has 0 aliphatic heterocycles. The average molecular weight is 803 g/mol. The third-order valence-electron chi connectivity index (χ3n) is 11.3. The molecule has 2 unspecified atom stereocenters. The first-order valence-electron chi connectivity index (χ1n) is 21.0. The van der Waals surface area contributed by atoms with Gasteiger partial charge < -0.3 is 31.6 Å². The van der Waals surface area contributed by atoms with Gasteiger partial charge >= 0.3 is 0 Å². The summed E-state index contributed by atoms with van der Waals surface area (Å²) in [6, 6.07) is 37.7. The molecule has 0 saturated heterocycles. The molecule has 2 aliphatic rings. The summed E-state index contributed by atoms with van der Waals surface area (Å²) in [6.45, 7) is 2.01. The minimum absolute atomic E-state index is 0.293. The van der Waals surface area contributed by atoms with Crippen molar-refractivity contribution in [1.82, 2.24) is 20.6 Å². The number of fused-ring (bicyclic) bond motifs is 2. The van der Waals surface area contributed by atoms with Crippen LogP contribution in [0.25, 0.3) is 0 Å². The number of aryl methyl sites for hydroxylation is 3. The van der Waals surface area contributed by atoms with Crippen LogP contribution in [0.3, 0.4) is 0 Å². The van der Waals surface area contributed by atoms with Crippen LogP contribution in [0.4, 0.5) is 0 Å². The zero-order chi connectivity index (χ0) is 41.5. The number of nitrogens with zero attached hydrogens (tertiary/aromatic N) is 2. The summed E-state index contributed by atoms with van der Waals surface area (Å²) in [5.74, 6) is 1.40. The standard InChI is InChI=1S/2C25H27N3O2/c26-25(29)22-17-27-15-13-24(22)30-23-10-4-9-19-16-20(11-12-21(19)23)28-14-5-8-18-6-2-1-3-7-18;26-25(29)22-17-27-15-13-24(22)30-23-10-4-9-19-11-12-20(16-21(19)23)28-14-5-8-18-6-2-1-3-7-18/h2*1-4,6-7,9-10,13,15,17,20,28H,5,8,11-12,14,16H2,(H2,26,29). The number of pyridine rings is 2. The monoisotopic (exact) mass is 802 g/mol. The third kappa shape index (κ3) is 11.4. The minimum Gasteiger partial charge on any atom is -0.456 e. The second-order valence-corrected chi connectivity index (χ2v) is 15.4. The Hall–Kier alpha value is -6.36. The topological polar surface area (TPSA) is 154 Å². The average Bonchev–Trinajstić information content (AvgIpc) is 3.28. The second-order valence-electron chi connectivity index (χ2n) is 15.4. The van der Waals surface area contributed by atoms with Gasteiger partial charge in [0.1, 0.15) is 34.1 Å². The van der Waals surface area contributed by atoms with E-state index in [1.165, 1.54) is 45.8 Å². The lowest BCUT2D eigenvalue weighted by Crippen LogP contribution is -2.35. The van der Waals surface area contributed by atoms with Gasteiger partial charge in [-0.1, -0.05) is 84.9 Å². The van der Waals surface area contributed by atoms with Crippen molar-refractivity contribution in [3.05, 3.63) is 178 Å². The molecule has 0 fully saturated rings. The molecule has 0 radical (unpaired) electrons. The molecule has 308 valence electrons. The number of primary amides is 2. The highest BCUT2D eigenvalue weighted by Crippen LogP contribution is 2.35. The summed E-state index contributed by atoms with van der Waals surface area (Å²) in [5, 5.41) is 7.43. The van der Waals surface area contributed by atoms with E-state index in [1.807, 2.05) is 24.3 Å². The van der Waals surface area contributed by atoms with Crippen molar-refractivity contribution in [2.75, 3.05) is 13.1 Å². The van der Waals surface area contributed by atoms with Crippen molar-refractivity contribution in [2.24, 2.45) is 11.5 Å². The van der Waals surface area contributed by atoms with E-state index in [0.717, 1.165) is 88.8 Å². The predicted molar refractivity (Wildman–Crippen MR) is 236 cm³/mol. The summed E-state index contributed by atoms with van der Waals surface area (Å²) in [7, 11) is 0. The number of amides is 2. The summed E-state index contributed by atoms with van der Waals surface area (Å²) in [5.41, 5.74) is 19.3. The first-order valence-corrected chi connectivity index (χ1v) is 21.0. The number of ether oxygens (including phenoxy) is 2. The number of rotatable bonds is 16. The van der Waals surface area contributed by atoms with Crippen molar-refractivity contribution in [3.8, 4) is 23.0 Å². The Morgan fingerprint density at radius 3 is 1.60 bits per heavy atom. The Kier molecular flexibility index (Phi) is 14.7. The van der Waals surface area contributed by atoms with Crippen LogP contribution in [0.2, 0.25) is 0 Å². The van der Waals surface area contributed by atoms with Gasteiger partial charge in [0.25, 0.3) is 11.8 Å². The lowest BCUT2D eigenvalue weighted by Gasteiger charge is -2.27. The van der Waals surface area contributed by atoms with Crippen LogP contribution < -0.4 is 31.6 Å². The van der Waals surface area contributed by atoms with Gasteiger partial charge in [-0.25, -0.2) is 0 Å². The fourth-order valence-corrected chi connectivity index (χ4v) is 8.10. The highest BCUT2D eigenvalue weighted by atomic mass is 16.5. The molecule has 10 nitrogen and oxygen atoms in total. The number of benzene rings is 4. The fraction of sp³-hybridized carbons (Fsp3) is 0.280. The molecule has 2 aromatic heterocycles. The lowest BCUT2D eigenvalue weighted by molar-refractivity contribution is 0.0989. The normalized spacial score (nSPS) is 15.4. The molecule has 6 aromatic rings. The third-order valence-corrected chi connectivity index (χ3v) is 11.3. The molecular weight excluding hydrogens is 749 g/mol. The number of nitrogens with two attached hydrogens (primary N) is 2. The molecule has 0 spiro atoms. The number of carbonyl (C=O) groups excluding carboxylic acids is 2. The molecule has 2 heterocycles. The number of hydrogen-bond acceptors (Lipinski definition) is 8. The van der Waals surface area contributed by atoms with Crippen LogP contribution in [-0.4, -0.2) is 47.0 Å². The zero-order valence-corrected chi connectivity index (χ0v) is 34.0. The largest absolute Gasteiger partial charge is 0.456 e. The van der Waals surface area contributed by atoms with E-state index in [0.29, 0.717) is 34.7 Å². The molecular formula is C50H54N6O4. The van der Waals surface area contributed by atoms with Crippen LogP contribution in [0, 0.1) is 0 Å². The van der Waals surface area contributed by atoms with Gasteiger partial charge in [0.2, 0.25) is 0 Å². The highest BCUT2D eigenvalue weighted by Gasteiger charge is 2.24. The Bertz CT molecular complexity index is 2340. The van der Waals surface area contributed by atoms with E-state index < -0.39 is 11.8 Å². The molecule has 60 heavy (non-hydrogen) atoms. The molecule has 2 atom stereocenters. The summed E-state index contributed by atoms with van der Waals surface area (Å²) in [6.07, 6.45) is 16.6. The van der Waals surface area contributed by atoms with Crippen molar-refractivity contribution in [3.63, 3.8) is 0 Å². The maximum absolute atomic E-state index is 11.7. The van der Waals surface area contributed by atoms with E-state index in [1.54, 1.807) is 24.5 Å². The van der Waals surface area contributed by atoms with Gasteiger partial charge in [-0.05, 0) is 135 Å². The summed E-state index contributed by atoms with van der Waals surface area (Å²) >= 11 is 0. The summed E-state index contributed by atoms with van der Waals surface area (Å²) < 4.78 is 12.2. The van der Waals surface area contributed by atoms with Gasteiger partial charge in [0.15, 0.2) is 0 Å². The first kappa shape index (κ1) is 41.8. The molecule has 0 saturated carbocycles. The number of aromatic nitrogens is 2. The Labute approximate surface area is 352 Å². The van der Waals surface area contributed by atoms with E-state index in [4.69, 9.17) is 20.9 Å². The van der Waals surface area contributed by atoms with Crippen LogP contribution >= 0.6 is 0 Å². The minimum atomic E-state index is -0.541. The van der Waals surface area contributed by atoms with Crippen LogP contribution in [0.5, 0.6) is 23.0 Å². The van der Waals surface area contributed by atoms with Gasteiger partial charge in [0, 0.05) is 36.9 Å². The molecule has 4 aromatic carbocycles. The molecule has 2 amide bonds. The van der Waals surface area contributed by atoms with E-state index >= 15 is 0 Å². The fourth-order valence-electron chi connectivity index (χ4n) is 8.10. The van der Waals surface area contributed by atoms with E-state index in [9.17, 15) is 9.59 Å². The Morgan fingerprint density at radius 2 is 1.05 bits per heavy atom. The van der Waals surface area contributed by atoms with Crippen molar-refractivity contribution >= 4 is 11.8 Å². The quantitative estimate of drug-likeness (QED) is 0.0716. The maximum atomic E-state index is 11.7. The molecule has 6 N–H and O–H groups in total. The maximum Gasteiger partial charge on any atom is 0.254 e. The molecule has 2 aliphatic carbocycles. The van der Waals surface area contributed by atoms with E-state index in [-0.39, 0.29) is 0 Å². The number of hydrogen-bond donors (Lipinski definition) is 4. The van der Waals surface area contributed by atoms with Crippen molar-refractivity contribution in [1.29, 1.82) is 0 Å². The van der Waals surface area contributed by atoms with E-state index in [2.05, 4.69) is 93.4 Å². The van der Waals surface area contributed by atoms with Crippen molar-refractivity contribution < 1.29 is 19.1 Å². The number of carbonyl (C=O) groups is 2. The zero-order valence-electron chi connectivity index (χ0n) is 34.0. The Morgan fingerprint density at radius 1 is 0.550 bits per heavy atom. The molecule has 10 heteroatoms. The SMILES string of the molecule is NC(=O)c1cnccc1Oc1cccc2c1CC(NCCCc1ccccc1)CC2.NC(=O)c1cnccc1Oc1cccc2c1CCC(NCCCc1ccccc1)C2. The first-order chi connectivity index (χ1) is 29.4. The van der Waals surface area contributed by atoms with Gasteiger partial charge in [-0.15, -0.1) is 0 Å². The molecule has 8 rings (SSSR count). The van der Waals surface area contributed by atoms with Crippen LogP contribution in [0.1, 0.15) is 79.8 Å².